The lowest BCUT2D eigenvalue weighted by Gasteiger charge is -2.11. The Morgan fingerprint density at radius 3 is 2.61 bits per heavy atom. The van der Waals surface area contributed by atoms with Gasteiger partial charge in [-0.05, 0) is 61.5 Å². The molecule has 0 aliphatic rings. The summed E-state index contributed by atoms with van der Waals surface area (Å²) in [7, 11) is 0. The van der Waals surface area contributed by atoms with E-state index in [0.29, 0.717) is 11.3 Å². The summed E-state index contributed by atoms with van der Waals surface area (Å²) in [6.45, 7) is 5.98. The van der Waals surface area contributed by atoms with Crippen LogP contribution in [0.3, 0.4) is 0 Å². The largest absolute Gasteiger partial charge is 0.490 e. The number of rotatable bonds is 3. The maximum atomic E-state index is 9.18. The summed E-state index contributed by atoms with van der Waals surface area (Å²) in [5, 5.41) is 11.3. The first-order valence-corrected chi connectivity index (χ1v) is 6.74. The van der Waals surface area contributed by atoms with Crippen molar-refractivity contribution in [1.29, 1.82) is 5.26 Å². The van der Waals surface area contributed by atoms with Gasteiger partial charge in [0.2, 0.25) is 0 Å². The zero-order valence-corrected chi connectivity index (χ0v) is 11.5. The molecule has 1 aromatic carbocycles. The second-order valence-corrected chi connectivity index (χ2v) is 5.39. The average Bonchev–Trinajstić information content (AvgIpc) is 2.75. The number of hydrogen-bond acceptors (Lipinski definition) is 3. The molecule has 0 fully saturated rings. The standard InChI is InChI=1S/C15H15NOS/c1-10(2)17-14-5-4-12(7-13(14)8-16)15-6-11(3)9-18-15/h4-7,9-10H,1-3H3. The van der Waals surface area contributed by atoms with Gasteiger partial charge in [-0.3, -0.25) is 0 Å². The summed E-state index contributed by atoms with van der Waals surface area (Å²) in [5.74, 6) is 0.657. The van der Waals surface area contributed by atoms with Gasteiger partial charge >= 0.3 is 0 Å². The first-order chi connectivity index (χ1) is 8.60. The molecular formula is C15H15NOS. The summed E-state index contributed by atoms with van der Waals surface area (Å²) < 4.78 is 5.61. The van der Waals surface area contributed by atoms with E-state index in [9.17, 15) is 5.26 Å². The number of aryl methyl sites for hydroxylation is 1. The number of nitrogens with zero attached hydrogens (tertiary/aromatic N) is 1. The van der Waals surface area contributed by atoms with Crippen LogP contribution in [-0.2, 0) is 0 Å². The first-order valence-electron chi connectivity index (χ1n) is 5.86. The third-order valence-corrected chi connectivity index (χ3v) is 3.57. The number of nitriles is 1. The zero-order valence-electron chi connectivity index (χ0n) is 10.7. The molecule has 0 saturated carbocycles. The highest BCUT2D eigenvalue weighted by molar-refractivity contribution is 7.13. The second-order valence-electron chi connectivity index (χ2n) is 4.48. The molecule has 0 N–H and O–H groups in total. The average molecular weight is 257 g/mol. The molecule has 0 aliphatic carbocycles. The fourth-order valence-corrected chi connectivity index (χ4v) is 2.61. The van der Waals surface area contributed by atoms with Gasteiger partial charge in [-0.25, -0.2) is 0 Å². The van der Waals surface area contributed by atoms with Crippen LogP contribution in [0, 0.1) is 18.3 Å². The molecule has 2 aromatic rings. The van der Waals surface area contributed by atoms with Crippen LogP contribution >= 0.6 is 11.3 Å². The van der Waals surface area contributed by atoms with E-state index in [-0.39, 0.29) is 6.10 Å². The molecule has 1 aromatic heterocycles. The molecule has 0 saturated heterocycles. The van der Waals surface area contributed by atoms with Gasteiger partial charge in [0.25, 0.3) is 0 Å². The number of thiophene rings is 1. The molecule has 3 heteroatoms. The SMILES string of the molecule is Cc1csc(-c2ccc(OC(C)C)c(C#N)c2)c1. The summed E-state index contributed by atoms with van der Waals surface area (Å²) in [4.78, 5) is 1.18. The molecule has 0 aliphatic heterocycles. The summed E-state index contributed by atoms with van der Waals surface area (Å²) >= 11 is 1.69. The van der Waals surface area contributed by atoms with Crippen molar-refractivity contribution in [2.24, 2.45) is 0 Å². The third-order valence-electron chi connectivity index (χ3n) is 2.48. The van der Waals surface area contributed by atoms with E-state index >= 15 is 0 Å². The maximum Gasteiger partial charge on any atom is 0.137 e. The lowest BCUT2D eigenvalue weighted by molar-refractivity contribution is 0.242. The van der Waals surface area contributed by atoms with Crippen molar-refractivity contribution < 1.29 is 4.74 Å². The topological polar surface area (TPSA) is 33.0 Å². The van der Waals surface area contributed by atoms with Crippen molar-refractivity contribution in [2.75, 3.05) is 0 Å². The minimum Gasteiger partial charge on any atom is -0.490 e. The van der Waals surface area contributed by atoms with Crippen LogP contribution in [0.15, 0.2) is 29.6 Å². The van der Waals surface area contributed by atoms with Gasteiger partial charge in [-0.15, -0.1) is 11.3 Å². The minimum absolute atomic E-state index is 0.0759. The molecular weight excluding hydrogens is 242 g/mol. The highest BCUT2D eigenvalue weighted by Gasteiger charge is 2.08. The predicted octanol–water partition coefficient (Wildman–Crippen LogP) is 4.38. The Kier molecular flexibility index (Phi) is 3.69. The Morgan fingerprint density at radius 2 is 2.06 bits per heavy atom. The Morgan fingerprint density at radius 1 is 1.28 bits per heavy atom. The summed E-state index contributed by atoms with van der Waals surface area (Å²) in [5.41, 5.74) is 2.91. The molecule has 0 radical (unpaired) electrons. The lowest BCUT2D eigenvalue weighted by Crippen LogP contribution is -2.06. The molecule has 0 atom stereocenters. The van der Waals surface area contributed by atoms with Gasteiger partial charge in [-0.2, -0.15) is 5.26 Å². The Balaban J connectivity index is 2.39. The van der Waals surface area contributed by atoms with E-state index in [1.54, 1.807) is 11.3 Å². The van der Waals surface area contributed by atoms with Crippen LogP contribution in [0.5, 0.6) is 5.75 Å². The van der Waals surface area contributed by atoms with Gasteiger partial charge in [0.05, 0.1) is 11.7 Å². The predicted molar refractivity (Wildman–Crippen MR) is 75.0 cm³/mol. The van der Waals surface area contributed by atoms with Crippen LogP contribution in [0.25, 0.3) is 10.4 Å². The normalized spacial score (nSPS) is 10.4. The molecule has 92 valence electrons. The van der Waals surface area contributed by atoms with Crippen LogP contribution in [0.1, 0.15) is 25.0 Å². The van der Waals surface area contributed by atoms with Crippen LogP contribution in [-0.4, -0.2) is 6.10 Å². The van der Waals surface area contributed by atoms with Gasteiger partial charge in [0, 0.05) is 4.88 Å². The molecule has 0 amide bonds. The molecule has 0 spiro atoms. The fraction of sp³-hybridized carbons (Fsp3) is 0.267. The van der Waals surface area contributed by atoms with Crippen molar-refractivity contribution in [3.8, 4) is 22.3 Å². The molecule has 2 nitrogen and oxygen atoms in total. The van der Waals surface area contributed by atoms with Crippen molar-refractivity contribution in [1.82, 2.24) is 0 Å². The first kappa shape index (κ1) is 12.7. The second kappa shape index (κ2) is 5.24. The molecule has 0 bridgehead atoms. The zero-order chi connectivity index (χ0) is 13.1. The summed E-state index contributed by atoms with van der Waals surface area (Å²) in [6.07, 6.45) is 0.0759. The number of benzene rings is 1. The van der Waals surface area contributed by atoms with Gasteiger partial charge < -0.3 is 4.74 Å². The van der Waals surface area contributed by atoms with Gasteiger partial charge in [0.1, 0.15) is 11.8 Å². The van der Waals surface area contributed by atoms with Crippen molar-refractivity contribution in [3.05, 3.63) is 40.8 Å². The van der Waals surface area contributed by atoms with Crippen LogP contribution in [0.4, 0.5) is 0 Å². The van der Waals surface area contributed by atoms with E-state index in [1.165, 1.54) is 10.4 Å². The lowest BCUT2D eigenvalue weighted by atomic mass is 10.1. The van der Waals surface area contributed by atoms with E-state index in [2.05, 4.69) is 24.4 Å². The Bertz CT molecular complexity index is 593. The van der Waals surface area contributed by atoms with Crippen LogP contribution < -0.4 is 4.74 Å². The van der Waals surface area contributed by atoms with Crippen molar-refractivity contribution in [2.45, 2.75) is 26.9 Å². The maximum absolute atomic E-state index is 9.18. The molecule has 0 unspecified atom stereocenters. The van der Waals surface area contributed by atoms with E-state index in [4.69, 9.17) is 4.74 Å². The molecule has 18 heavy (non-hydrogen) atoms. The van der Waals surface area contributed by atoms with Crippen molar-refractivity contribution >= 4 is 11.3 Å². The van der Waals surface area contributed by atoms with Crippen LogP contribution in [0.2, 0.25) is 0 Å². The number of hydrogen-bond donors (Lipinski definition) is 0. The fourth-order valence-electron chi connectivity index (χ4n) is 1.71. The van der Waals surface area contributed by atoms with E-state index in [1.807, 2.05) is 32.0 Å². The highest BCUT2D eigenvalue weighted by Crippen LogP contribution is 2.31. The van der Waals surface area contributed by atoms with Gasteiger partial charge in [0.15, 0.2) is 0 Å². The summed E-state index contributed by atoms with van der Waals surface area (Å²) in [6, 6.07) is 10.1. The monoisotopic (exact) mass is 257 g/mol. The Labute approximate surface area is 111 Å². The molecule has 2 rings (SSSR count). The third kappa shape index (κ3) is 2.72. The minimum atomic E-state index is 0.0759. The Hall–Kier alpha value is -1.79. The van der Waals surface area contributed by atoms with Gasteiger partial charge in [-0.1, -0.05) is 0 Å². The van der Waals surface area contributed by atoms with E-state index < -0.39 is 0 Å². The number of ether oxygens (including phenoxy) is 1. The smallest absolute Gasteiger partial charge is 0.137 e. The van der Waals surface area contributed by atoms with Crippen molar-refractivity contribution in [3.63, 3.8) is 0 Å². The quantitative estimate of drug-likeness (QED) is 0.817. The van der Waals surface area contributed by atoms with E-state index in [0.717, 1.165) is 5.56 Å². The highest BCUT2D eigenvalue weighted by atomic mass is 32.1. The molecule has 1 heterocycles.